The van der Waals surface area contributed by atoms with Crippen LogP contribution in [0.2, 0.25) is 0 Å². The number of carbonyl (C=O) groups is 4. The number of nitrogens with one attached hydrogen (secondary N) is 2. The van der Waals surface area contributed by atoms with Crippen LogP contribution in [0.25, 0.3) is 0 Å². The van der Waals surface area contributed by atoms with Gasteiger partial charge in [0, 0.05) is 12.2 Å². The summed E-state index contributed by atoms with van der Waals surface area (Å²) in [5, 5.41) is 15.3. The van der Waals surface area contributed by atoms with Crippen LogP contribution < -0.4 is 15.4 Å². The normalized spacial score (nSPS) is 17.5. The van der Waals surface area contributed by atoms with Gasteiger partial charge in [0.15, 0.2) is 0 Å². The molecule has 1 aliphatic heterocycles. The average molecular weight is 509 g/mol. The Morgan fingerprint density at radius 3 is 2.41 bits per heavy atom. The molecule has 10 heteroatoms. The van der Waals surface area contributed by atoms with E-state index in [4.69, 9.17) is 4.74 Å². The number of hydrogen-bond donors (Lipinski definition) is 3. The third-order valence-corrected chi connectivity index (χ3v) is 6.95. The molecule has 10 nitrogen and oxygen atoms in total. The lowest BCUT2D eigenvalue weighted by Crippen LogP contribution is -2.47. The molecule has 1 saturated heterocycles. The monoisotopic (exact) mass is 508 g/mol. The van der Waals surface area contributed by atoms with Gasteiger partial charge in [-0.2, -0.15) is 0 Å². The maximum absolute atomic E-state index is 13.3. The number of aliphatic carboxylic acids is 1. The van der Waals surface area contributed by atoms with E-state index in [1.54, 1.807) is 38.1 Å². The number of imide groups is 1. The van der Waals surface area contributed by atoms with Gasteiger partial charge in [-0.25, -0.2) is 19.3 Å². The minimum absolute atomic E-state index is 0.0654. The molecule has 5 amide bonds. The number of anilines is 2. The van der Waals surface area contributed by atoms with E-state index in [0.29, 0.717) is 22.7 Å². The van der Waals surface area contributed by atoms with Crippen molar-refractivity contribution in [3.63, 3.8) is 0 Å². The maximum Gasteiger partial charge on any atom is 0.328 e. The number of carbonyl (C=O) groups excluding carboxylic acids is 3. The number of nitrogens with zero attached hydrogens (tertiary/aromatic N) is 2. The van der Waals surface area contributed by atoms with Gasteiger partial charge in [0.25, 0.3) is 5.91 Å². The van der Waals surface area contributed by atoms with Crippen molar-refractivity contribution >= 4 is 35.3 Å². The molecule has 1 unspecified atom stereocenters. The molecular weight excluding hydrogens is 476 g/mol. The number of amides is 5. The number of ether oxygens (including phenoxy) is 1. The third-order valence-electron chi connectivity index (χ3n) is 6.95. The fourth-order valence-corrected chi connectivity index (χ4v) is 4.50. The first-order valence-corrected chi connectivity index (χ1v) is 12.2. The van der Waals surface area contributed by atoms with Gasteiger partial charge in [0.2, 0.25) is 0 Å². The van der Waals surface area contributed by atoms with E-state index in [2.05, 4.69) is 10.6 Å². The molecule has 37 heavy (non-hydrogen) atoms. The molecule has 1 heterocycles. The van der Waals surface area contributed by atoms with Crippen LogP contribution >= 0.6 is 0 Å². The second-order valence-corrected chi connectivity index (χ2v) is 10.1. The van der Waals surface area contributed by atoms with Gasteiger partial charge in [-0.05, 0) is 62.4 Å². The number of methoxy groups -OCH3 is 1. The Labute approximate surface area is 215 Å². The molecule has 4 rings (SSSR count). The van der Waals surface area contributed by atoms with Crippen LogP contribution in [0.4, 0.5) is 21.0 Å². The first-order valence-electron chi connectivity index (χ1n) is 12.2. The van der Waals surface area contributed by atoms with Crippen LogP contribution in [0, 0.1) is 12.8 Å². The van der Waals surface area contributed by atoms with Crippen molar-refractivity contribution in [1.29, 1.82) is 0 Å². The van der Waals surface area contributed by atoms with E-state index in [-0.39, 0.29) is 18.9 Å². The summed E-state index contributed by atoms with van der Waals surface area (Å²) in [5.41, 5.74) is 1.47. The Balaban J connectivity index is 1.50. The molecule has 2 aromatic carbocycles. The Kier molecular flexibility index (Phi) is 7.11. The van der Waals surface area contributed by atoms with Gasteiger partial charge in [0.05, 0.1) is 12.8 Å². The van der Waals surface area contributed by atoms with E-state index in [1.165, 1.54) is 12.0 Å². The fraction of sp³-hybridized carbons (Fsp3) is 0.407. The Hall–Kier alpha value is -4.08. The Morgan fingerprint density at radius 1 is 1.11 bits per heavy atom. The number of urea groups is 2. The number of para-hydroxylation sites is 1. The summed E-state index contributed by atoms with van der Waals surface area (Å²) in [6.07, 6.45) is 2.10. The van der Waals surface area contributed by atoms with Crippen molar-refractivity contribution in [3.05, 3.63) is 53.6 Å². The minimum atomic E-state index is -1.22. The van der Waals surface area contributed by atoms with Crippen LogP contribution in [0.5, 0.6) is 5.75 Å². The number of aryl methyl sites for hydroxylation is 1. The lowest BCUT2D eigenvalue weighted by atomic mass is 10.0. The van der Waals surface area contributed by atoms with Crippen molar-refractivity contribution in [2.45, 2.75) is 58.2 Å². The average Bonchev–Trinajstić information content (AvgIpc) is 3.65. The maximum atomic E-state index is 13.3. The summed E-state index contributed by atoms with van der Waals surface area (Å²) < 4.78 is 5.47. The number of hydrogen-bond acceptors (Lipinski definition) is 5. The number of carboxylic acid groups (broad SMARTS) is 1. The lowest BCUT2D eigenvalue weighted by Gasteiger charge is -2.28. The van der Waals surface area contributed by atoms with Gasteiger partial charge in [0.1, 0.15) is 17.3 Å². The van der Waals surface area contributed by atoms with Crippen LogP contribution in [0.1, 0.15) is 44.2 Å². The molecule has 3 N–H and O–H groups in total. The molecule has 1 aliphatic carbocycles. The second-order valence-electron chi connectivity index (χ2n) is 10.1. The predicted octanol–water partition coefficient (Wildman–Crippen LogP) is 4.44. The van der Waals surface area contributed by atoms with Gasteiger partial charge in [-0.3, -0.25) is 4.79 Å². The van der Waals surface area contributed by atoms with Crippen molar-refractivity contribution < 1.29 is 29.0 Å². The lowest BCUT2D eigenvalue weighted by molar-refractivity contribution is -0.148. The summed E-state index contributed by atoms with van der Waals surface area (Å²) in [6, 6.07) is 10.2. The van der Waals surface area contributed by atoms with Gasteiger partial charge in [-0.15, -0.1) is 0 Å². The first-order chi connectivity index (χ1) is 17.5. The van der Waals surface area contributed by atoms with E-state index in [9.17, 15) is 24.3 Å². The summed E-state index contributed by atoms with van der Waals surface area (Å²) in [6.45, 7) is 5.19. The fourth-order valence-electron chi connectivity index (χ4n) is 4.50. The zero-order chi connectivity index (χ0) is 26.9. The molecule has 196 valence electrons. The van der Waals surface area contributed by atoms with E-state index < -0.39 is 35.5 Å². The highest BCUT2D eigenvalue weighted by atomic mass is 16.5. The standard InChI is InChI=1S/C27H32N4O6/c1-16-7-5-6-8-19(16)28-25(35)29-20-12-11-18(14-22(20)37-4)15-30-26(36)31(24(34)27(30,2)3)21(23(32)33)13-17-9-10-17/h5-8,11-12,14,17,21H,9-10,13,15H2,1-4H3,(H,32,33)(H2,28,29,35). The molecule has 1 atom stereocenters. The molecular formula is C27H32N4O6. The molecule has 0 spiro atoms. The Morgan fingerprint density at radius 2 is 1.78 bits per heavy atom. The van der Waals surface area contributed by atoms with E-state index >= 15 is 0 Å². The molecule has 0 radical (unpaired) electrons. The van der Waals surface area contributed by atoms with E-state index in [0.717, 1.165) is 23.3 Å². The SMILES string of the molecule is COc1cc(CN2C(=O)N(C(CC3CC3)C(=O)O)C(=O)C2(C)C)ccc1NC(=O)Nc1ccccc1C. The predicted molar refractivity (Wildman–Crippen MR) is 137 cm³/mol. The smallest absolute Gasteiger partial charge is 0.328 e. The summed E-state index contributed by atoms with van der Waals surface area (Å²) >= 11 is 0. The largest absolute Gasteiger partial charge is 0.495 e. The van der Waals surface area contributed by atoms with Crippen molar-refractivity contribution in [3.8, 4) is 5.75 Å². The van der Waals surface area contributed by atoms with Crippen molar-refractivity contribution in [1.82, 2.24) is 9.80 Å². The molecule has 2 aromatic rings. The highest BCUT2D eigenvalue weighted by molar-refractivity contribution is 6.09. The summed E-state index contributed by atoms with van der Waals surface area (Å²) in [5.74, 6) is -1.09. The number of rotatable bonds is 9. The van der Waals surface area contributed by atoms with Crippen LogP contribution in [-0.4, -0.2) is 57.5 Å². The number of carboxylic acids is 1. The van der Waals surface area contributed by atoms with Crippen LogP contribution in [0.3, 0.4) is 0 Å². The zero-order valence-electron chi connectivity index (χ0n) is 21.4. The highest BCUT2D eigenvalue weighted by Gasteiger charge is 2.55. The van der Waals surface area contributed by atoms with Crippen molar-refractivity contribution in [2.24, 2.45) is 5.92 Å². The van der Waals surface area contributed by atoms with Crippen LogP contribution in [-0.2, 0) is 16.1 Å². The Bertz CT molecular complexity index is 1240. The second kappa shape index (κ2) is 10.1. The molecule has 1 saturated carbocycles. The van der Waals surface area contributed by atoms with Gasteiger partial charge >= 0.3 is 18.0 Å². The summed E-state index contributed by atoms with van der Waals surface area (Å²) in [7, 11) is 1.47. The summed E-state index contributed by atoms with van der Waals surface area (Å²) in [4.78, 5) is 53.3. The highest BCUT2D eigenvalue weighted by Crippen LogP contribution is 2.38. The molecule has 2 fully saturated rings. The van der Waals surface area contributed by atoms with Gasteiger partial charge < -0.3 is 25.4 Å². The quantitative estimate of drug-likeness (QED) is 0.430. The molecule has 0 bridgehead atoms. The minimum Gasteiger partial charge on any atom is -0.495 e. The first kappa shape index (κ1) is 26.0. The van der Waals surface area contributed by atoms with Crippen LogP contribution in [0.15, 0.2) is 42.5 Å². The van der Waals surface area contributed by atoms with E-state index in [1.807, 2.05) is 25.1 Å². The molecule has 2 aliphatic rings. The van der Waals surface area contributed by atoms with Crippen molar-refractivity contribution in [2.75, 3.05) is 17.7 Å². The zero-order valence-corrected chi connectivity index (χ0v) is 21.4. The molecule has 0 aromatic heterocycles. The van der Waals surface area contributed by atoms with Gasteiger partial charge in [-0.1, -0.05) is 37.1 Å². The third kappa shape index (κ3) is 5.37. The topological polar surface area (TPSA) is 128 Å². The number of benzene rings is 2.